The fourth-order valence-electron chi connectivity index (χ4n) is 1.69. The van der Waals surface area contributed by atoms with E-state index in [1.165, 1.54) is 0 Å². The van der Waals surface area contributed by atoms with Gasteiger partial charge in [0.15, 0.2) is 0 Å². The minimum absolute atomic E-state index is 0.545. The normalized spacial score (nSPS) is 12.2. The number of benzene rings is 2. The molecule has 20 heavy (non-hydrogen) atoms. The molecule has 5 heteroatoms. The quantitative estimate of drug-likeness (QED) is 0.753. The lowest BCUT2D eigenvalue weighted by atomic mass is 10.1. The molecule has 0 spiro atoms. The number of halogens is 2. The summed E-state index contributed by atoms with van der Waals surface area (Å²) in [7, 11) is 1.56. The van der Waals surface area contributed by atoms with Crippen molar-refractivity contribution in [2.75, 3.05) is 12.9 Å². The predicted octanol–water partition coefficient (Wildman–Crippen LogP) is 4.94. The molecule has 2 rings (SSSR count). The Balaban J connectivity index is 2.01. The van der Waals surface area contributed by atoms with Gasteiger partial charge >= 0.3 is 0 Å². The van der Waals surface area contributed by atoms with Gasteiger partial charge in [0.25, 0.3) is 0 Å². The molecule has 0 aliphatic carbocycles. The first-order chi connectivity index (χ1) is 9.60. The summed E-state index contributed by atoms with van der Waals surface area (Å²) < 4.78 is 6.20. The Morgan fingerprint density at radius 2 is 1.95 bits per heavy atom. The Morgan fingerprint density at radius 1 is 1.25 bits per heavy atom. The maximum Gasteiger partial charge on any atom is 0.137 e. The number of hydrogen-bond acceptors (Lipinski definition) is 3. The Hall–Kier alpha value is -0.680. The topological polar surface area (TPSA) is 29.5 Å². The summed E-state index contributed by atoms with van der Waals surface area (Å²) in [5, 5.41) is 10.8. The van der Waals surface area contributed by atoms with Crippen LogP contribution in [-0.2, 0) is 0 Å². The van der Waals surface area contributed by atoms with Gasteiger partial charge in [-0.3, -0.25) is 0 Å². The summed E-state index contributed by atoms with van der Waals surface area (Å²) in [6, 6.07) is 13.3. The third kappa shape index (κ3) is 4.16. The standard InChI is InChI=1S/C15H14BrClO2S/c1-19-15-8-10(2-7-13(15)17)14(18)9-20-12-5-3-11(16)4-6-12/h2-8,14,18H,9H2,1H3. The first kappa shape index (κ1) is 15.7. The zero-order chi connectivity index (χ0) is 14.5. The maximum absolute atomic E-state index is 10.2. The second-order valence-corrected chi connectivity index (χ2v) is 6.59. The average Bonchev–Trinajstić information content (AvgIpc) is 2.47. The molecule has 2 nitrogen and oxygen atoms in total. The highest BCUT2D eigenvalue weighted by Gasteiger charge is 2.11. The molecule has 0 fully saturated rings. The van der Waals surface area contributed by atoms with Gasteiger partial charge in [0, 0.05) is 15.1 Å². The Labute approximate surface area is 136 Å². The summed E-state index contributed by atoms with van der Waals surface area (Å²) in [5.74, 6) is 1.16. The van der Waals surface area contributed by atoms with Crippen LogP contribution in [0.25, 0.3) is 0 Å². The van der Waals surface area contributed by atoms with Crippen molar-refractivity contribution in [2.45, 2.75) is 11.0 Å². The highest BCUT2D eigenvalue weighted by Crippen LogP contribution is 2.30. The van der Waals surface area contributed by atoms with Gasteiger partial charge in [0.2, 0.25) is 0 Å². The van der Waals surface area contributed by atoms with Crippen LogP contribution in [0.1, 0.15) is 11.7 Å². The van der Waals surface area contributed by atoms with E-state index < -0.39 is 6.10 Å². The van der Waals surface area contributed by atoms with Crippen molar-refractivity contribution in [3.8, 4) is 5.75 Å². The largest absolute Gasteiger partial charge is 0.495 e. The van der Waals surface area contributed by atoms with E-state index in [-0.39, 0.29) is 0 Å². The molecule has 1 N–H and O–H groups in total. The van der Waals surface area contributed by atoms with E-state index >= 15 is 0 Å². The van der Waals surface area contributed by atoms with Crippen molar-refractivity contribution in [3.05, 3.63) is 57.5 Å². The van der Waals surface area contributed by atoms with Crippen LogP contribution < -0.4 is 4.74 Å². The fraction of sp³-hybridized carbons (Fsp3) is 0.200. The van der Waals surface area contributed by atoms with E-state index in [0.717, 1.165) is 14.9 Å². The second-order valence-electron chi connectivity index (χ2n) is 4.17. The Morgan fingerprint density at radius 3 is 2.60 bits per heavy atom. The number of aliphatic hydroxyl groups is 1. The van der Waals surface area contributed by atoms with Gasteiger partial charge in [-0.05, 0) is 42.0 Å². The van der Waals surface area contributed by atoms with Crippen molar-refractivity contribution >= 4 is 39.3 Å². The van der Waals surface area contributed by atoms with Gasteiger partial charge < -0.3 is 9.84 Å². The summed E-state index contributed by atoms with van der Waals surface area (Å²) >= 11 is 11.0. The summed E-state index contributed by atoms with van der Waals surface area (Å²) in [6.07, 6.45) is -0.560. The van der Waals surface area contributed by atoms with Crippen LogP contribution in [0.4, 0.5) is 0 Å². The Kier molecular flexibility index (Phi) is 5.78. The maximum atomic E-state index is 10.2. The van der Waals surface area contributed by atoms with Gasteiger partial charge in [-0.15, -0.1) is 11.8 Å². The van der Waals surface area contributed by atoms with E-state index in [4.69, 9.17) is 16.3 Å². The molecule has 106 valence electrons. The molecule has 0 saturated carbocycles. The molecule has 0 heterocycles. The van der Waals surface area contributed by atoms with Gasteiger partial charge in [-0.25, -0.2) is 0 Å². The molecule has 0 amide bonds. The summed E-state index contributed by atoms with van der Waals surface area (Å²) in [6.45, 7) is 0. The number of hydrogen-bond donors (Lipinski definition) is 1. The van der Waals surface area contributed by atoms with E-state index in [9.17, 15) is 5.11 Å². The van der Waals surface area contributed by atoms with Crippen LogP contribution >= 0.6 is 39.3 Å². The zero-order valence-electron chi connectivity index (χ0n) is 10.8. The summed E-state index contributed by atoms with van der Waals surface area (Å²) in [5.41, 5.74) is 0.802. The predicted molar refractivity (Wildman–Crippen MR) is 87.8 cm³/mol. The molecule has 2 aromatic rings. The number of ether oxygens (including phenoxy) is 1. The van der Waals surface area contributed by atoms with Crippen LogP contribution in [0.3, 0.4) is 0 Å². The average molecular weight is 374 g/mol. The summed E-state index contributed by atoms with van der Waals surface area (Å²) in [4.78, 5) is 1.12. The van der Waals surface area contributed by atoms with Crippen molar-refractivity contribution in [1.29, 1.82) is 0 Å². The van der Waals surface area contributed by atoms with Crippen LogP contribution in [0.15, 0.2) is 51.8 Å². The minimum atomic E-state index is -0.560. The number of thioether (sulfide) groups is 1. The smallest absolute Gasteiger partial charge is 0.137 e. The third-order valence-electron chi connectivity index (χ3n) is 2.78. The molecular weight excluding hydrogens is 360 g/mol. The lowest BCUT2D eigenvalue weighted by molar-refractivity contribution is 0.203. The van der Waals surface area contributed by atoms with Crippen molar-refractivity contribution in [3.63, 3.8) is 0 Å². The van der Waals surface area contributed by atoms with E-state index in [2.05, 4.69) is 15.9 Å². The van der Waals surface area contributed by atoms with E-state index in [1.54, 1.807) is 31.0 Å². The first-order valence-corrected chi connectivity index (χ1v) is 8.15. The molecular formula is C15H14BrClO2S. The van der Waals surface area contributed by atoms with Crippen LogP contribution in [0.5, 0.6) is 5.75 Å². The number of methoxy groups -OCH3 is 1. The minimum Gasteiger partial charge on any atom is -0.495 e. The first-order valence-electron chi connectivity index (χ1n) is 6.00. The second kappa shape index (κ2) is 7.36. The molecule has 0 aliphatic heterocycles. The van der Waals surface area contributed by atoms with Crippen LogP contribution in [0, 0.1) is 0 Å². The van der Waals surface area contributed by atoms with E-state index in [1.807, 2.05) is 30.3 Å². The lowest BCUT2D eigenvalue weighted by Gasteiger charge is -2.12. The molecule has 0 aromatic heterocycles. The third-order valence-corrected chi connectivity index (χ3v) is 4.71. The molecule has 2 aromatic carbocycles. The monoisotopic (exact) mass is 372 g/mol. The highest BCUT2D eigenvalue weighted by atomic mass is 79.9. The molecule has 1 unspecified atom stereocenters. The SMILES string of the molecule is COc1cc(C(O)CSc2ccc(Br)cc2)ccc1Cl. The van der Waals surface area contributed by atoms with Gasteiger partial charge in [-0.1, -0.05) is 33.6 Å². The Bertz CT molecular complexity index is 575. The number of aliphatic hydroxyl groups excluding tert-OH is 1. The molecule has 0 aliphatic rings. The molecule has 0 radical (unpaired) electrons. The van der Waals surface area contributed by atoms with Crippen molar-refractivity contribution in [2.24, 2.45) is 0 Å². The molecule has 0 bridgehead atoms. The van der Waals surface area contributed by atoms with Crippen LogP contribution in [-0.4, -0.2) is 18.0 Å². The van der Waals surface area contributed by atoms with Gasteiger partial charge in [0.1, 0.15) is 5.75 Å². The van der Waals surface area contributed by atoms with Crippen LogP contribution in [0.2, 0.25) is 5.02 Å². The molecule has 0 saturated heterocycles. The molecule has 1 atom stereocenters. The fourth-order valence-corrected chi connectivity index (χ4v) is 3.02. The van der Waals surface area contributed by atoms with Gasteiger partial charge in [0.05, 0.1) is 18.2 Å². The van der Waals surface area contributed by atoms with Gasteiger partial charge in [-0.2, -0.15) is 0 Å². The van der Waals surface area contributed by atoms with E-state index in [0.29, 0.717) is 16.5 Å². The van der Waals surface area contributed by atoms with Crippen molar-refractivity contribution in [1.82, 2.24) is 0 Å². The van der Waals surface area contributed by atoms with Crippen molar-refractivity contribution < 1.29 is 9.84 Å². The lowest BCUT2D eigenvalue weighted by Crippen LogP contribution is -2.01. The zero-order valence-corrected chi connectivity index (χ0v) is 14.0. The number of rotatable bonds is 5. The highest BCUT2D eigenvalue weighted by molar-refractivity contribution is 9.10.